The molecule has 0 N–H and O–H groups in total. The number of fused-ring (bicyclic) bond motifs is 9. The van der Waals surface area contributed by atoms with E-state index < -0.39 is 0 Å². The van der Waals surface area contributed by atoms with Crippen LogP contribution in [0.1, 0.15) is 0 Å². The predicted molar refractivity (Wildman–Crippen MR) is 262 cm³/mol. The molecule has 0 saturated heterocycles. The number of hydrogen-bond donors (Lipinski definition) is 0. The van der Waals surface area contributed by atoms with Crippen molar-refractivity contribution in [1.82, 2.24) is 14.1 Å². The normalized spacial score (nSPS) is 11.8. The van der Waals surface area contributed by atoms with Gasteiger partial charge in [-0.15, -0.1) is 0 Å². The van der Waals surface area contributed by atoms with Crippen LogP contribution in [0, 0.1) is 0 Å². The summed E-state index contributed by atoms with van der Waals surface area (Å²) in [5.41, 5.74) is 16.2. The van der Waals surface area contributed by atoms with E-state index in [9.17, 15) is 0 Å². The molecule has 0 saturated carbocycles. The standard InChI is InChI=1S/C59H37N3O/c1-4-15-38(16-5-1)43-34-52(39-17-6-2-7-18-39)60-58(37-43)62-54-32-29-40(41-27-30-47-46-21-10-12-25-53(46)61(55(47)35-41)44-19-8-3-9-20-44)33-51(54)48-31-28-42(36-56(48)62)45-23-14-24-50-49-22-11-13-26-57(49)63-59(45)50/h1-37H. The highest BCUT2D eigenvalue weighted by Gasteiger charge is 2.20. The zero-order valence-electron chi connectivity index (χ0n) is 34.1. The topological polar surface area (TPSA) is 35.9 Å². The maximum absolute atomic E-state index is 6.58. The fourth-order valence-electron chi connectivity index (χ4n) is 9.78. The van der Waals surface area contributed by atoms with E-state index in [0.29, 0.717) is 0 Å². The van der Waals surface area contributed by atoms with Gasteiger partial charge in [-0.2, -0.15) is 0 Å². The summed E-state index contributed by atoms with van der Waals surface area (Å²) in [5, 5.41) is 7.03. The van der Waals surface area contributed by atoms with Gasteiger partial charge >= 0.3 is 0 Å². The van der Waals surface area contributed by atoms with Crippen LogP contribution in [0.15, 0.2) is 229 Å². The number of pyridine rings is 1. The van der Waals surface area contributed by atoms with Crippen LogP contribution in [0.25, 0.3) is 122 Å². The molecule has 4 heteroatoms. The highest BCUT2D eigenvalue weighted by atomic mass is 16.3. The molecule has 0 radical (unpaired) electrons. The highest BCUT2D eigenvalue weighted by Crippen LogP contribution is 2.42. The maximum atomic E-state index is 6.58. The third kappa shape index (κ3) is 5.66. The van der Waals surface area contributed by atoms with E-state index in [1.54, 1.807) is 0 Å². The smallest absolute Gasteiger partial charge is 0.143 e. The van der Waals surface area contributed by atoms with Crippen molar-refractivity contribution in [2.45, 2.75) is 0 Å². The lowest BCUT2D eigenvalue weighted by molar-refractivity contribution is 0.670. The van der Waals surface area contributed by atoms with E-state index in [4.69, 9.17) is 9.40 Å². The second-order valence-corrected chi connectivity index (χ2v) is 16.3. The van der Waals surface area contributed by atoms with Crippen molar-refractivity contribution >= 4 is 65.6 Å². The number of para-hydroxylation sites is 4. The zero-order valence-corrected chi connectivity index (χ0v) is 34.1. The third-order valence-electron chi connectivity index (χ3n) is 12.7. The Morgan fingerprint density at radius 3 is 1.73 bits per heavy atom. The van der Waals surface area contributed by atoms with Gasteiger partial charge in [0.15, 0.2) is 0 Å². The summed E-state index contributed by atoms with van der Waals surface area (Å²) < 4.78 is 11.3. The van der Waals surface area contributed by atoms with Crippen LogP contribution < -0.4 is 0 Å². The van der Waals surface area contributed by atoms with Crippen LogP contribution in [0.2, 0.25) is 0 Å². The molecule has 63 heavy (non-hydrogen) atoms. The molecule has 0 amide bonds. The van der Waals surface area contributed by atoms with Gasteiger partial charge in [0, 0.05) is 49.1 Å². The molecule has 9 aromatic carbocycles. The van der Waals surface area contributed by atoms with Gasteiger partial charge in [-0.3, -0.25) is 4.57 Å². The lowest BCUT2D eigenvalue weighted by atomic mass is 9.99. The molecule has 4 heterocycles. The van der Waals surface area contributed by atoms with Gasteiger partial charge in [-0.1, -0.05) is 164 Å². The highest BCUT2D eigenvalue weighted by molar-refractivity contribution is 6.14. The number of benzene rings is 9. The molecule has 0 spiro atoms. The first kappa shape index (κ1) is 35.3. The molecule has 0 bridgehead atoms. The number of hydrogen-bond acceptors (Lipinski definition) is 2. The molecule has 4 nitrogen and oxygen atoms in total. The van der Waals surface area contributed by atoms with Crippen molar-refractivity contribution in [3.05, 3.63) is 224 Å². The SMILES string of the molecule is c1ccc(-c2cc(-c3ccccc3)nc(-n3c4ccc(-c5ccc6c7ccccc7n(-c7ccccc7)c6c5)cc4c4ccc(-c5cccc6c5oc5ccccc56)cc43)c2)cc1. The second kappa shape index (κ2) is 14.1. The Kier molecular flexibility index (Phi) is 7.87. The van der Waals surface area contributed by atoms with Crippen LogP contribution in [0.4, 0.5) is 0 Å². The van der Waals surface area contributed by atoms with Gasteiger partial charge in [-0.25, -0.2) is 4.98 Å². The summed E-state index contributed by atoms with van der Waals surface area (Å²) >= 11 is 0. The van der Waals surface area contributed by atoms with Gasteiger partial charge < -0.3 is 8.98 Å². The molecule has 0 fully saturated rings. The molecule has 13 aromatic rings. The van der Waals surface area contributed by atoms with Crippen molar-refractivity contribution in [2.75, 3.05) is 0 Å². The summed E-state index contributed by atoms with van der Waals surface area (Å²) in [6, 6.07) is 80.3. The molecule has 0 atom stereocenters. The van der Waals surface area contributed by atoms with Gasteiger partial charge in [0.2, 0.25) is 0 Å². The van der Waals surface area contributed by atoms with E-state index in [1.807, 2.05) is 12.1 Å². The first-order valence-corrected chi connectivity index (χ1v) is 21.4. The van der Waals surface area contributed by atoms with Crippen LogP contribution in [-0.4, -0.2) is 14.1 Å². The van der Waals surface area contributed by atoms with Crippen molar-refractivity contribution < 1.29 is 4.42 Å². The number of nitrogens with zero attached hydrogens (tertiary/aromatic N) is 3. The largest absolute Gasteiger partial charge is 0.455 e. The molecule has 0 aliphatic carbocycles. The van der Waals surface area contributed by atoms with Gasteiger partial charge in [-0.05, 0) is 88.5 Å². The average Bonchev–Trinajstić information content (AvgIpc) is 4.01. The Labute approximate surface area is 363 Å². The molecular weight excluding hydrogens is 767 g/mol. The lowest BCUT2D eigenvalue weighted by Crippen LogP contribution is -2.00. The van der Waals surface area contributed by atoms with E-state index >= 15 is 0 Å². The maximum Gasteiger partial charge on any atom is 0.143 e. The first-order valence-electron chi connectivity index (χ1n) is 21.4. The summed E-state index contributed by atoms with van der Waals surface area (Å²) in [5.74, 6) is 0.857. The van der Waals surface area contributed by atoms with Gasteiger partial charge in [0.1, 0.15) is 17.0 Å². The minimum atomic E-state index is 0.857. The van der Waals surface area contributed by atoms with Gasteiger partial charge in [0.25, 0.3) is 0 Å². The van der Waals surface area contributed by atoms with E-state index in [1.165, 1.54) is 21.8 Å². The quantitative estimate of drug-likeness (QED) is 0.168. The minimum Gasteiger partial charge on any atom is -0.455 e. The molecule has 0 aliphatic heterocycles. The first-order chi connectivity index (χ1) is 31.2. The van der Waals surface area contributed by atoms with Crippen LogP contribution in [0.3, 0.4) is 0 Å². The van der Waals surface area contributed by atoms with Crippen molar-refractivity contribution in [3.8, 4) is 56.1 Å². The molecule has 0 aliphatic rings. The summed E-state index contributed by atoms with van der Waals surface area (Å²) in [6.45, 7) is 0. The van der Waals surface area contributed by atoms with Gasteiger partial charge in [0.05, 0.1) is 27.8 Å². The Hall–Kier alpha value is -8.47. The van der Waals surface area contributed by atoms with E-state index in [0.717, 1.165) is 99.9 Å². The van der Waals surface area contributed by atoms with Crippen molar-refractivity contribution in [2.24, 2.45) is 0 Å². The van der Waals surface area contributed by atoms with Crippen molar-refractivity contribution in [3.63, 3.8) is 0 Å². The number of furan rings is 1. The Bertz CT molecular complexity index is 3840. The number of aromatic nitrogens is 3. The molecule has 294 valence electrons. The lowest BCUT2D eigenvalue weighted by Gasteiger charge is -2.13. The summed E-state index contributed by atoms with van der Waals surface area (Å²) in [6.07, 6.45) is 0. The Morgan fingerprint density at radius 2 is 0.905 bits per heavy atom. The number of rotatable bonds is 6. The second-order valence-electron chi connectivity index (χ2n) is 16.3. The Balaban J connectivity index is 1.07. The van der Waals surface area contributed by atoms with E-state index in [2.05, 4.69) is 221 Å². The Morgan fingerprint density at radius 1 is 0.317 bits per heavy atom. The van der Waals surface area contributed by atoms with Crippen molar-refractivity contribution in [1.29, 1.82) is 0 Å². The zero-order chi connectivity index (χ0) is 41.4. The molecule has 0 unspecified atom stereocenters. The molecule has 13 rings (SSSR count). The molecular formula is C59H37N3O. The summed E-state index contributed by atoms with van der Waals surface area (Å²) in [4.78, 5) is 5.47. The van der Waals surface area contributed by atoms with Crippen LogP contribution in [-0.2, 0) is 0 Å². The summed E-state index contributed by atoms with van der Waals surface area (Å²) in [7, 11) is 0. The van der Waals surface area contributed by atoms with Crippen LogP contribution >= 0.6 is 0 Å². The fraction of sp³-hybridized carbons (Fsp3) is 0. The van der Waals surface area contributed by atoms with Crippen LogP contribution in [0.5, 0.6) is 0 Å². The monoisotopic (exact) mass is 803 g/mol. The fourth-order valence-corrected chi connectivity index (χ4v) is 9.78. The average molecular weight is 804 g/mol. The van der Waals surface area contributed by atoms with E-state index in [-0.39, 0.29) is 0 Å². The predicted octanol–water partition coefficient (Wildman–Crippen LogP) is 15.8. The molecule has 4 aromatic heterocycles. The third-order valence-corrected chi connectivity index (χ3v) is 12.7. The minimum absolute atomic E-state index is 0.857.